The van der Waals surface area contributed by atoms with Gasteiger partial charge in [0.25, 0.3) is 5.91 Å². The van der Waals surface area contributed by atoms with Crippen LogP contribution in [0.3, 0.4) is 0 Å². The van der Waals surface area contributed by atoms with Crippen LogP contribution in [-0.4, -0.2) is 50.2 Å². The maximum Gasteiger partial charge on any atom is 0.253 e. The maximum atomic E-state index is 12.9. The van der Waals surface area contributed by atoms with Crippen molar-refractivity contribution in [1.29, 1.82) is 0 Å². The number of halogens is 1. The van der Waals surface area contributed by atoms with Crippen molar-refractivity contribution in [3.8, 4) is 0 Å². The van der Waals surface area contributed by atoms with Crippen molar-refractivity contribution in [2.24, 2.45) is 0 Å². The molecule has 0 atom stereocenters. The predicted octanol–water partition coefficient (Wildman–Crippen LogP) is 3.00. The fraction of sp³-hybridized carbons (Fsp3) is 0.562. The Bertz CT molecular complexity index is 668. The highest BCUT2D eigenvalue weighted by molar-refractivity contribution is 7.89. The fourth-order valence-corrected chi connectivity index (χ4v) is 4.64. The van der Waals surface area contributed by atoms with Gasteiger partial charge in [-0.05, 0) is 38.0 Å². The zero-order valence-corrected chi connectivity index (χ0v) is 15.2. The van der Waals surface area contributed by atoms with E-state index in [0.29, 0.717) is 25.2 Å². The number of nitrogens with zero attached hydrogens (tertiary/aromatic N) is 2. The topological polar surface area (TPSA) is 57.7 Å². The maximum absolute atomic E-state index is 12.9. The zero-order valence-electron chi connectivity index (χ0n) is 13.6. The second kappa shape index (κ2) is 7.64. The lowest BCUT2D eigenvalue weighted by molar-refractivity contribution is 0.0802. The van der Waals surface area contributed by atoms with Crippen LogP contribution in [0.15, 0.2) is 23.1 Å². The van der Waals surface area contributed by atoms with Crippen molar-refractivity contribution in [1.82, 2.24) is 9.21 Å². The van der Waals surface area contributed by atoms with Gasteiger partial charge in [0, 0.05) is 32.2 Å². The molecule has 1 aromatic rings. The van der Waals surface area contributed by atoms with Crippen LogP contribution in [0.4, 0.5) is 0 Å². The number of hydrogen-bond acceptors (Lipinski definition) is 3. The minimum atomic E-state index is -3.67. The van der Waals surface area contributed by atoms with Crippen molar-refractivity contribution in [2.75, 3.05) is 26.7 Å². The Morgan fingerprint density at radius 2 is 1.83 bits per heavy atom. The van der Waals surface area contributed by atoms with E-state index in [9.17, 15) is 13.2 Å². The van der Waals surface area contributed by atoms with Crippen LogP contribution in [0.1, 0.15) is 43.0 Å². The van der Waals surface area contributed by atoms with Gasteiger partial charge in [-0.3, -0.25) is 4.79 Å². The van der Waals surface area contributed by atoms with Crippen LogP contribution >= 0.6 is 11.6 Å². The molecule has 1 aliphatic heterocycles. The summed E-state index contributed by atoms with van der Waals surface area (Å²) in [5.74, 6) is -0.212. The van der Waals surface area contributed by atoms with E-state index < -0.39 is 10.0 Å². The smallest absolute Gasteiger partial charge is 0.253 e. The normalized spacial score (nSPS) is 16.8. The summed E-state index contributed by atoms with van der Waals surface area (Å²) in [6.07, 6.45) is 3.79. The van der Waals surface area contributed by atoms with Gasteiger partial charge in [0.15, 0.2) is 0 Å². The average molecular weight is 359 g/mol. The van der Waals surface area contributed by atoms with E-state index in [1.165, 1.54) is 21.3 Å². The van der Waals surface area contributed by atoms with E-state index in [-0.39, 0.29) is 15.8 Å². The molecule has 1 aromatic carbocycles. The lowest BCUT2D eigenvalue weighted by Crippen LogP contribution is -2.32. The van der Waals surface area contributed by atoms with Crippen LogP contribution in [0.25, 0.3) is 0 Å². The Labute approximate surface area is 143 Å². The largest absolute Gasteiger partial charge is 0.342 e. The van der Waals surface area contributed by atoms with Crippen LogP contribution in [0, 0.1) is 0 Å². The van der Waals surface area contributed by atoms with Gasteiger partial charge in [0.05, 0.1) is 5.02 Å². The molecule has 0 N–H and O–H groups in total. The van der Waals surface area contributed by atoms with Crippen molar-refractivity contribution in [3.05, 3.63) is 28.8 Å². The van der Waals surface area contributed by atoms with Gasteiger partial charge < -0.3 is 4.90 Å². The zero-order chi connectivity index (χ0) is 17.0. The second-order valence-electron chi connectivity index (χ2n) is 5.78. The molecule has 128 valence electrons. The minimum Gasteiger partial charge on any atom is -0.342 e. The van der Waals surface area contributed by atoms with Gasteiger partial charge in [-0.25, -0.2) is 8.42 Å². The SMILES string of the molecule is CCN(C)C(=O)c1ccc(Cl)c(S(=O)(=O)N2CCCCCC2)c1. The number of hydrogen-bond donors (Lipinski definition) is 0. The third kappa shape index (κ3) is 4.05. The van der Waals surface area contributed by atoms with Crippen LogP contribution in [0.5, 0.6) is 0 Å². The summed E-state index contributed by atoms with van der Waals surface area (Å²) >= 11 is 6.13. The first-order chi connectivity index (χ1) is 10.9. The van der Waals surface area contributed by atoms with Gasteiger partial charge in [-0.2, -0.15) is 4.31 Å². The van der Waals surface area contributed by atoms with Crippen LogP contribution in [-0.2, 0) is 10.0 Å². The predicted molar refractivity (Wildman–Crippen MR) is 91.3 cm³/mol. The van der Waals surface area contributed by atoms with Gasteiger partial charge in [0.2, 0.25) is 10.0 Å². The third-order valence-corrected chi connectivity index (χ3v) is 6.56. The van der Waals surface area contributed by atoms with Gasteiger partial charge in [0.1, 0.15) is 4.90 Å². The highest BCUT2D eigenvalue weighted by Gasteiger charge is 2.28. The van der Waals surface area contributed by atoms with Crippen molar-refractivity contribution in [2.45, 2.75) is 37.5 Å². The summed E-state index contributed by atoms with van der Waals surface area (Å²) in [5, 5.41) is 0.157. The molecule has 0 radical (unpaired) electrons. The Hall–Kier alpha value is -1.11. The first kappa shape index (κ1) is 18.2. The first-order valence-corrected chi connectivity index (χ1v) is 9.75. The van der Waals surface area contributed by atoms with Gasteiger partial charge in [-0.15, -0.1) is 0 Å². The van der Waals surface area contributed by atoms with E-state index in [4.69, 9.17) is 11.6 Å². The molecule has 0 spiro atoms. The second-order valence-corrected chi connectivity index (χ2v) is 8.10. The molecule has 0 aliphatic carbocycles. The first-order valence-electron chi connectivity index (χ1n) is 7.93. The number of rotatable bonds is 4. The third-order valence-electron chi connectivity index (χ3n) is 4.18. The van der Waals surface area contributed by atoms with Gasteiger partial charge in [-0.1, -0.05) is 24.4 Å². The van der Waals surface area contributed by atoms with E-state index >= 15 is 0 Å². The molecule has 7 heteroatoms. The van der Waals surface area contributed by atoms with Gasteiger partial charge >= 0.3 is 0 Å². The molecule has 1 fully saturated rings. The average Bonchev–Trinajstić information content (AvgIpc) is 2.83. The summed E-state index contributed by atoms with van der Waals surface area (Å²) in [6, 6.07) is 4.46. The number of sulfonamides is 1. The monoisotopic (exact) mass is 358 g/mol. The lowest BCUT2D eigenvalue weighted by Gasteiger charge is -2.21. The van der Waals surface area contributed by atoms with Crippen molar-refractivity contribution >= 4 is 27.5 Å². The highest BCUT2D eigenvalue weighted by atomic mass is 35.5. The highest BCUT2D eigenvalue weighted by Crippen LogP contribution is 2.28. The summed E-state index contributed by atoms with van der Waals surface area (Å²) in [4.78, 5) is 13.8. The number of carbonyl (C=O) groups is 1. The van der Waals surface area contributed by atoms with E-state index in [2.05, 4.69) is 0 Å². The number of carbonyl (C=O) groups excluding carboxylic acids is 1. The molecule has 23 heavy (non-hydrogen) atoms. The Morgan fingerprint density at radius 3 is 2.39 bits per heavy atom. The fourth-order valence-electron chi connectivity index (χ4n) is 2.62. The quantitative estimate of drug-likeness (QED) is 0.831. The van der Waals surface area contributed by atoms with Crippen LogP contribution < -0.4 is 0 Å². The molecule has 2 rings (SSSR count). The summed E-state index contributed by atoms with van der Waals surface area (Å²) in [5.41, 5.74) is 0.340. The summed E-state index contributed by atoms with van der Waals surface area (Å²) in [6.45, 7) is 3.43. The lowest BCUT2D eigenvalue weighted by atomic mass is 10.2. The van der Waals surface area contributed by atoms with Crippen molar-refractivity contribution < 1.29 is 13.2 Å². The summed E-state index contributed by atoms with van der Waals surface area (Å²) < 4.78 is 27.3. The van der Waals surface area contributed by atoms with E-state index in [1.54, 1.807) is 13.1 Å². The Morgan fingerprint density at radius 1 is 1.22 bits per heavy atom. The summed E-state index contributed by atoms with van der Waals surface area (Å²) in [7, 11) is -1.99. The molecule has 1 saturated heterocycles. The van der Waals surface area contributed by atoms with E-state index in [0.717, 1.165) is 25.7 Å². The molecular weight excluding hydrogens is 336 g/mol. The molecule has 0 aromatic heterocycles. The molecule has 0 saturated carbocycles. The Kier molecular flexibility index (Phi) is 6.06. The molecule has 1 aliphatic rings. The Balaban J connectivity index is 2.39. The van der Waals surface area contributed by atoms with Crippen molar-refractivity contribution in [3.63, 3.8) is 0 Å². The molecule has 0 unspecified atom stereocenters. The molecule has 1 heterocycles. The number of amides is 1. The van der Waals surface area contributed by atoms with Crippen LogP contribution in [0.2, 0.25) is 5.02 Å². The van der Waals surface area contributed by atoms with E-state index in [1.807, 2.05) is 6.92 Å². The molecular formula is C16H23ClN2O3S. The molecule has 1 amide bonds. The standard InChI is InChI=1S/C16H23ClN2O3S/c1-3-18(2)16(20)13-8-9-14(17)15(12-13)23(21,22)19-10-6-4-5-7-11-19/h8-9,12H,3-7,10-11H2,1-2H3. The molecule has 0 bridgehead atoms. The number of benzene rings is 1. The minimum absolute atomic E-state index is 0.0245. The molecule has 5 nitrogen and oxygen atoms in total.